The quantitative estimate of drug-likeness (QED) is 0.297. The largest absolute Gasteiger partial charge is 0.357 e. The normalized spacial score (nSPS) is 15.5. The molecule has 1 aliphatic rings. The van der Waals surface area contributed by atoms with Crippen molar-refractivity contribution in [1.82, 2.24) is 20.0 Å². The highest BCUT2D eigenvalue weighted by Gasteiger charge is 2.27. The maximum atomic E-state index is 12.5. The van der Waals surface area contributed by atoms with E-state index in [9.17, 15) is 4.79 Å². The number of rotatable bonds is 6. The number of anilines is 1. The second-order valence-corrected chi connectivity index (χ2v) is 6.41. The number of aliphatic imine (C=N–C) groups is 1. The summed E-state index contributed by atoms with van der Waals surface area (Å²) in [5.74, 6) is 2.03. The molecule has 1 aromatic rings. The van der Waals surface area contributed by atoms with Crippen molar-refractivity contribution in [2.24, 2.45) is 12.0 Å². The van der Waals surface area contributed by atoms with E-state index >= 15 is 0 Å². The topological polar surface area (TPSA) is 65.8 Å². The Hall–Kier alpha value is -0.970. The van der Waals surface area contributed by atoms with Gasteiger partial charge in [0.2, 0.25) is 5.91 Å². The maximum Gasteiger partial charge on any atom is 0.246 e. The number of hydrogen-bond donors (Lipinski definition) is 1. The average molecular weight is 466 g/mol. The van der Waals surface area contributed by atoms with E-state index in [-0.39, 0.29) is 29.9 Å². The predicted molar refractivity (Wildman–Crippen MR) is 112 cm³/mol. The van der Waals surface area contributed by atoms with E-state index in [1.165, 1.54) is 0 Å². The minimum Gasteiger partial charge on any atom is -0.357 e. The zero-order chi connectivity index (χ0) is 16.7. The third-order valence-corrected chi connectivity index (χ3v) is 4.32. The number of amides is 1. The van der Waals surface area contributed by atoms with Crippen molar-refractivity contribution >= 4 is 53.3 Å². The van der Waals surface area contributed by atoms with Crippen LogP contribution in [0.4, 0.5) is 5.69 Å². The number of carbonyl (C=O) groups excluding carboxylic acids is 1. The molecule has 1 saturated heterocycles. The van der Waals surface area contributed by atoms with Gasteiger partial charge in [-0.15, -0.1) is 24.0 Å². The maximum absolute atomic E-state index is 12.5. The molecule has 1 aliphatic heterocycles. The van der Waals surface area contributed by atoms with E-state index in [1.807, 2.05) is 36.8 Å². The van der Waals surface area contributed by atoms with E-state index in [0.29, 0.717) is 13.1 Å². The Morgan fingerprint density at radius 2 is 2.25 bits per heavy atom. The summed E-state index contributed by atoms with van der Waals surface area (Å²) in [6, 6.07) is 0. The summed E-state index contributed by atoms with van der Waals surface area (Å²) in [5.41, 5.74) is 0.860. The lowest BCUT2D eigenvalue weighted by molar-refractivity contribution is -0.120. The molecule has 1 aromatic heterocycles. The van der Waals surface area contributed by atoms with E-state index in [2.05, 4.69) is 21.7 Å². The molecular formula is C15H27IN6OS. The lowest BCUT2D eigenvalue weighted by Crippen LogP contribution is -2.55. The van der Waals surface area contributed by atoms with Crippen molar-refractivity contribution in [1.29, 1.82) is 0 Å². The number of carbonyl (C=O) groups is 1. The Morgan fingerprint density at radius 1 is 1.46 bits per heavy atom. The van der Waals surface area contributed by atoms with Crippen LogP contribution in [0.3, 0.4) is 0 Å². The molecule has 0 bridgehead atoms. The molecule has 0 aromatic carbocycles. The molecule has 1 amide bonds. The molecule has 1 N–H and O–H groups in total. The zero-order valence-corrected chi connectivity index (χ0v) is 17.7. The van der Waals surface area contributed by atoms with Crippen LogP contribution in [0.2, 0.25) is 0 Å². The second-order valence-electron chi connectivity index (χ2n) is 5.42. The molecule has 0 aliphatic carbocycles. The molecule has 0 saturated carbocycles. The van der Waals surface area contributed by atoms with Crippen LogP contribution in [-0.4, -0.2) is 71.3 Å². The lowest BCUT2D eigenvalue weighted by Gasteiger charge is -2.35. The number of aryl methyl sites for hydroxylation is 1. The number of halogens is 1. The Morgan fingerprint density at radius 3 is 2.83 bits per heavy atom. The summed E-state index contributed by atoms with van der Waals surface area (Å²) in [4.78, 5) is 20.9. The first-order valence-electron chi connectivity index (χ1n) is 7.97. The van der Waals surface area contributed by atoms with Crippen LogP contribution < -0.4 is 10.2 Å². The van der Waals surface area contributed by atoms with Crippen LogP contribution >= 0.6 is 35.7 Å². The Labute approximate surface area is 165 Å². The van der Waals surface area contributed by atoms with Crippen molar-refractivity contribution in [3.63, 3.8) is 0 Å². The van der Waals surface area contributed by atoms with Gasteiger partial charge in [-0.05, 0) is 25.4 Å². The summed E-state index contributed by atoms with van der Waals surface area (Å²) < 4.78 is 1.71. The van der Waals surface area contributed by atoms with Crippen LogP contribution in [0.1, 0.15) is 13.3 Å². The highest BCUT2D eigenvalue weighted by atomic mass is 127. The highest BCUT2D eigenvalue weighted by Crippen LogP contribution is 2.16. The second kappa shape index (κ2) is 10.8. The van der Waals surface area contributed by atoms with Gasteiger partial charge in [0.1, 0.15) is 6.54 Å². The van der Waals surface area contributed by atoms with Crippen LogP contribution in [0, 0.1) is 0 Å². The molecule has 0 spiro atoms. The van der Waals surface area contributed by atoms with E-state index in [4.69, 9.17) is 0 Å². The first-order valence-corrected chi connectivity index (χ1v) is 9.36. The fourth-order valence-corrected chi connectivity index (χ4v) is 2.91. The lowest BCUT2D eigenvalue weighted by atomic mass is 10.3. The minimum atomic E-state index is 0. The molecule has 2 rings (SSSR count). The number of nitrogens with zero attached hydrogens (tertiary/aromatic N) is 5. The Balaban J connectivity index is 0.00000288. The molecule has 24 heavy (non-hydrogen) atoms. The van der Waals surface area contributed by atoms with Crippen LogP contribution in [-0.2, 0) is 11.8 Å². The number of guanidine groups is 1. The van der Waals surface area contributed by atoms with Gasteiger partial charge in [0, 0.05) is 39.4 Å². The number of aromatic nitrogens is 2. The summed E-state index contributed by atoms with van der Waals surface area (Å²) in [6.45, 7) is 5.42. The van der Waals surface area contributed by atoms with Crippen molar-refractivity contribution in [2.45, 2.75) is 13.3 Å². The molecule has 0 radical (unpaired) electrons. The SMILES string of the molecule is CCNC(=NCCCSC)N1CCN(c2cnn(C)c2)C(=O)C1.I. The van der Waals surface area contributed by atoms with Crippen molar-refractivity contribution in [3.8, 4) is 0 Å². The molecule has 0 atom stereocenters. The third kappa shape index (κ3) is 5.83. The minimum absolute atomic E-state index is 0. The highest BCUT2D eigenvalue weighted by molar-refractivity contribution is 14.0. The first kappa shape index (κ1) is 21.1. The van der Waals surface area contributed by atoms with Gasteiger partial charge in [-0.25, -0.2) is 0 Å². The molecule has 7 nitrogen and oxygen atoms in total. The fraction of sp³-hybridized carbons (Fsp3) is 0.667. The van der Waals surface area contributed by atoms with Crippen LogP contribution in [0.5, 0.6) is 0 Å². The van der Waals surface area contributed by atoms with Crippen molar-refractivity contribution < 1.29 is 4.79 Å². The Bertz CT molecular complexity index is 550. The zero-order valence-electron chi connectivity index (χ0n) is 14.6. The van der Waals surface area contributed by atoms with Gasteiger partial charge in [0.15, 0.2) is 5.96 Å². The molecule has 136 valence electrons. The van der Waals surface area contributed by atoms with Gasteiger partial charge in [-0.2, -0.15) is 16.9 Å². The number of hydrogen-bond acceptors (Lipinski definition) is 4. The molecule has 9 heteroatoms. The van der Waals surface area contributed by atoms with Gasteiger partial charge >= 0.3 is 0 Å². The molecule has 1 fully saturated rings. The summed E-state index contributed by atoms with van der Waals surface area (Å²) in [7, 11) is 1.86. The Kier molecular flexibility index (Phi) is 9.49. The van der Waals surface area contributed by atoms with Gasteiger partial charge < -0.3 is 15.1 Å². The molecular weight excluding hydrogens is 439 g/mol. The fourth-order valence-electron chi connectivity index (χ4n) is 2.49. The smallest absolute Gasteiger partial charge is 0.246 e. The van der Waals surface area contributed by atoms with Gasteiger partial charge in [-0.3, -0.25) is 14.5 Å². The number of thioether (sulfide) groups is 1. The molecule has 0 unspecified atom stereocenters. The average Bonchev–Trinajstić information content (AvgIpc) is 2.96. The third-order valence-electron chi connectivity index (χ3n) is 3.63. The number of piperazine rings is 1. The number of nitrogens with one attached hydrogen (secondary N) is 1. The van der Waals surface area contributed by atoms with E-state index in [1.54, 1.807) is 15.8 Å². The summed E-state index contributed by atoms with van der Waals surface area (Å²) in [6.07, 6.45) is 6.76. The standard InChI is InChI=1S/C15H26N6OS.HI/c1-4-16-15(17-6-5-9-23-3)20-7-8-21(14(22)12-20)13-10-18-19(2)11-13;/h10-11H,4-9,12H2,1-3H3,(H,16,17);1H. The van der Waals surface area contributed by atoms with E-state index < -0.39 is 0 Å². The first-order chi connectivity index (χ1) is 11.2. The summed E-state index contributed by atoms with van der Waals surface area (Å²) >= 11 is 1.83. The van der Waals surface area contributed by atoms with Crippen molar-refractivity contribution in [3.05, 3.63) is 12.4 Å². The molecule has 2 heterocycles. The van der Waals surface area contributed by atoms with E-state index in [0.717, 1.165) is 43.5 Å². The van der Waals surface area contributed by atoms with Crippen LogP contribution in [0.25, 0.3) is 0 Å². The van der Waals surface area contributed by atoms with Crippen molar-refractivity contribution in [2.75, 3.05) is 49.6 Å². The predicted octanol–water partition coefficient (Wildman–Crippen LogP) is 1.41. The van der Waals surface area contributed by atoms with Gasteiger partial charge in [0.05, 0.1) is 11.9 Å². The summed E-state index contributed by atoms with van der Waals surface area (Å²) in [5, 5.41) is 7.43. The van der Waals surface area contributed by atoms with Crippen LogP contribution in [0.15, 0.2) is 17.4 Å². The monoisotopic (exact) mass is 466 g/mol. The van der Waals surface area contributed by atoms with Gasteiger partial charge in [0.25, 0.3) is 0 Å². The van der Waals surface area contributed by atoms with Gasteiger partial charge in [-0.1, -0.05) is 0 Å².